The molecule has 0 aliphatic carbocycles. The molecule has 1 heteroatoms. The molecular weight excluding hydrogens is 254 g/mol. The lowest BCUT2D eigenvalue weighted by Crippen LogP contribution is -2.47. The van der Waals surface area contributed by atoms with Crippen molar-refractivity contribution in [1.29, 1.82) is 0 Å². The fraction of sp³-hybridized carbons (Fsp3) is 0.400. The molecule has 21 heavy (non-hydrogen) atoms. The molecule has 0 aliphatic rings. The Morgan fingerprint density at radius 3 is 1.62 bits per heavy atom. The molecule has 0 aliphatic heterocycles. The fourth-order valence-electron chi connectivity index (χ4n) is 2.77. The Kier molecular flexibility index (Phi) is 5.19. The Labute approximate surface area is 129 Å². The Hall–Kier alpha value is -1.60. The monoisotopic (exact) mass is 282 g/mol. The van der Waals surface area contributed by atoms with Crippen molar-refractivity contribution in [3.05, 3.63) is 71.8 Å². The van der Waals surface area contributed by atoms with Crippen LogP contribution >= 0.6 is 0 Å². The summed E-state index contributed by atoms with van der Waals surface area (Å²) in [6, 6.07) is 22.5. The lowest BCUT2D eigenvalue weighted by Gasteiger charge is -2.37. The van der Waals surface area contributed by atoms with Gasteiger partial charge in [0.25, 0.3) is 0 Å². The third-order valence-corrected chi connectivity index (χ3v) is 4.99. The van der Waals surface area contributed by atoms with Crippen molar-refractivity contribution < 1.29 is 4.48 Å². The maximum absolute atomic E-state index is 2.38. The van der Waals surface area contributed by atoms with Crippen LogP contribution in [-0.4, -0.2) is 31.2 Å². The lowest BCUT2D eigenvalue weighted by molar-refractivity contribution is -0.911. The summed E-state index contributed by atoms with van der Waals surface area (Å²) >= 11 is 0. The summed E-state index contributed by atoms with van der Waals surface area (Å²) in [4.78, 5) is 0. The minimum absolute atomic E-state index is 0.478. The molecule has 2 aromatic carbocycles. The molecule has 0 fully saturated rings. The van der Waals surface area contributed by atoms with Gasteiger partial charge in [0, 0.05) is 12.3 Å². The SMILES string of the molecule is CC[N+](C)(C)[C@@H](C)CC(c1ccccc1)c1ccccc1. The first-order chi connectivity index (χ1) is 10.0. The molecule has 0 heterocycles. The third-order valence-electron chi connectivity index (χ3n) is 4.99. The van der Waals surface area contributed by atoms with Gasteiger partial charge in [-0.3, -0.25) is 0 Å². The quantitative estimate of drug-likeness (QED) is 0.674. The van der Waals surface area contributed by atoms with E-state index in [1.807, 2.05) is 0 Å². The summed E-state index contributed by atoms with van der Waals surface area (Å²) in [6.07, 6.45) is 1.18. The van der Waals surface area contributed by atoms with E-state index in [9.17, 15) is 0 Å². The number of hydrogen-bond acceptors (Lipinski definition) is 0. The topological polar surface area (TPSA) is 0 Å². The first-order valence-electron chi connectivity index (χ1n) is 7.97. The van der Waals surface area contributed by atoms with Crippen LogP contribution in [-0.2, 0) is 0 Å². The van der Waals surface area contributed by atoms with Crippen molar-refractivity contribution >= 4 is 0 Å². The molecular formula is C20H28N+. The summed E-state index contributed by atoms with van der Waals surface area (Å²) in [5, 5.41) is 0. The highest BCUT2D eigenvalue weighted by Crippen LogP contribution is 2.31. The molecule has 0 saturated heterocycles. The summed E-state index contributed by atoms with van der Waals surface area (Å²) < 4.78 is 1.07. The smallest absolute Gasteiger partial charge is 0.0866 e. The molecule has 0 aromatic heterocycles. The predicted octanol–water partition coefficient (Wildman–Crippen LogP) is 4.69. The second-order valence-corrected chi connectivity index (χ2v) is 6.55. The van der Waals surface area contributed by atoms with Crippen molar-refractivity contribution in [1.82, 2.24) is 0 Å². The molecule has 1 nitrogen and oxygen atoms in total. The van der Waals surface area contributed by atoms with Gasteiger partial charge in [-0.1, -0.05) is 60.7 Å². The zero-order valence-electron chi connectivity index (χ0n) is 13.8. The molecule has 0 amide bonds. The molecule has 0 unspecified atom stereocenters. The zero-order chi connectivity index (χ0) is 15.3. The molecule has 2 rings (SSSR count). The van der Waals surface area contributed by atoms with Gasteiger partial charge in [-0.15, -0.1) is 0 Å². The molecule has 0 N–H and O–H groups in total. The summed E-state index contributed by atoms with van der Waals surface area (Å²) in [5.41, 5.74) is 2.85. The van der Waals surface area contributed by atoms with Crippen LogP contribution in [0.4, 0.5) is 0 Å². The lowest BCUT2D eigenvalue weighted by atomic mass is 9.85. The van der Waals surface area contributed by atoms with Gasteiger partial charge in [0.2, 0.25) is 0 Å². The van der Waals surface area contributed by atoms with E-state index < -0.39 is 0 Å². The zero-order valence-corrected chi connectivity index (χ0v) is 13.8. The van der Waals surface area contributed by atoms with Gasteiger partial charge in [-0.25, -0.2) is 0 Å². The average Bonchev–Trinajstić information content (AvgIpc) is 2.54. The Bertz CT molecular complexity index is 491. The van der Waals surface area contributed by atoms with Gasteiger partial charge in [0.15, 0.2) is 0 Å². The Morgan fingerprint density at radius 1 is 0.810 bits per heavy atom. The largest absolute Gasteiger partial charge is 0.326 e. The molecule has 0 bridgehead atoms. The maximum Gasteiger partial charge on any atom is 0.0866 e. The summed E-state index contributed by atoms with van der Waals surface area (Å²) in [7, 11) is 4.66. The summed E-state index contributed by atoms with van der Waals surface area (Å²) in [6.45, 7) is 5.82. The molecule has 2 aromatic rings. The van der Waals surface area contributed by atoms with E-state index in [1.54, 1.807) is 0 Å². The van der Waals surface area contributed by atoms with Crippen molar-refractivity contribution in [3.8, 4) is 0 Å². The fourth-order valence-corrected chi connectivity index (χ4v) is 2.77. The van der Waals surface area contributed by atoms with Crippen LogP contribution in [0.2, 0.25) is 0 Å². The first kappa shape index (κ1) is 15.8. The second-order valence-electron chi connectivity index (χ2n) is 6.55. The van der Waals surface area contributed by atoms with E-state index in [0.717, 1.165) is 11.0 Å². The Balaban J connectivity index is 2.30. The molecule has 0 saturated carbocycles. The van der Waals surface area contributed by atoms with Crippen LogP contribution in [0.1, 0.15) is 37.3 Å². The minimum Gasteiger partial charge on any atom is -0.326 e. The number of benzene rings is 2. The van der Waals surface area contributed by atoms with Crippen molar-refractivity contribution in [2.45, 2.75) is 32.2 Å². The van der Waals surface area contributed by atoms with Crippen LogP contribution in [0, 0.1) is 0 Å². The minimum atomic E-state index is 0.478. The van der Waals surface area contributed by atoms with Crippen LogP contribution < -0.4 is 0 Å². The molecule has 0 spiro atoms. The molecule has 1 atom stereocenters. The van der Waals surface area contributed by atoms with E-state index in [2.05, 4.69) is 88.6 Å². The molecule has 112 valence electrons. The number of hydrogen-bond donors (Lipinski definition) is 0. The second kappa shape index (κ2) is 6.91. The van der Waals surface area contributed by atoms with Crippen molar-refractivity contribution in [2.24, 2.45) is 0 Å². The van der Waals surface area contributed by atoms with Gasteiger partial charge in [0.05, 0.1) is 26.7 Å². The highest BCUT2D eigenvalue weighted by atomic mass is 15.3. The number of rotatable bonds is 6. The highest BCUT2D eigenvalue weighted by molar-refractivity contribution is 5.32. The van der Waals surface area contributed by atoms with E-state index >= 15 is 0 Å². The molecule has 0 radical (unpaired) electrons. The number of nitrogens with zero attached hydrogens (tertiary/aromatic N) is 1. The van der Waals surface area contributed by atoms with Crippen LogP contribution in [0.15, 0.2) is 60.7 Å². The van der Waals surface area contributed by atoms with Crippen molar-refractivity contribution in [2.75, 3.05) is 20.6 Å². The van der Waals surface area contributed by atoms with E-state index in [1.165, 1.54) is 17.5 Å². The van der Waals surface area contributed by atoms with E-state index in [0.29, 0.717) is 12.0 Å². The average molecular weight is 282 g/mol. The van der Waals surface area contributed by atoms with Gasteiger partial charge in [-0.05, 0) is 25.0 Å². The van der Waals surface area contributed by atoms with Crippen molar-refractivity contribution in [3.63, 3.8) is 0 Å². The van der Waals surface area contributed by atoms with Gasteiger partial charge < -0.3 is 4.48 Å². The van der Waals surface area contributed by atoms with Crippen LogP contribution in [0.25, 0.3) is 0 Å². The van der Waals surface area contributed by atoms with Gasteiger partial charge in [-0.2, -0.15) is 0 Å². The first-order valence-corrected chi connectivity index (χ1v) is 7.97. The normalized spacial score (nSPS) is 13.4. The maximum atomic E-state index is 2.38. The van der Waals surface area contributed by atoms with E-state index in [4.69, 9.17) is 0 Å². The highest BCUT2D eigenvalue weighted by Gasteiger charge is 2.26. The van der Waals surface area contributed by atoms with Gasteiger partial charge in [0.1, 0.15) is 0 Å². The standard InChI is InChI=1S/C20H28N/c1-5-21(3,4)17(2)16-20(18-12-8-6-9-13-18)19-14-10-7-11-15-19/h6-15,17,20H,5,16H2,1-4H3/q+1/t17-/m0/s1. The van der Waals surface area contributed by atoms with Gasteiger partial charge >= 0.3 is 0 Å². The summed E-state index contributed by atoms with van der Waals surface area (Å²) in [5.74, 6) is 0.478. The predicted molar refractivity (Wildman–Crippen MR) is 91.5 cm³/mol. The third kappa shape index (κ3) is 3.95. The Morgan fingerprint density at radius 2 is 1.24 bits per heavy atom. The van der Waals surface area contributed by atoms with Crippen LogP contribution in [0.3, 0.4) is 0 Å². The number of quaternary nitrogens is 1. The van der Waals surface area contributed by atoms with E-state index in [-0.39, 0.29) is 0 Å². The van der Waals surface area contributed by atoms with Crippen LogP contribution in [0.5, 0.6) is 0 Å².